The number of fused-ring (bicyclic) bond motifs is 1. The summed E-state index contributed by atoms with van der Waals surface area (Å²) in [6, 6.07) is 6.53. The Kier molecular flexibility index (Phi) is 3.93. The van der Waals surface area contributed by atoms with Crippen LogP contribution in [0.25, 0.3) is 10.2 Å². The number of anilines is 2. The summed E-state index contributed by atoms with van der Waals surface area (Å²) in [7, 11) is 2.11. The Bertz CT molecular complexity index is 831. The highest BCUT2D eigenvalue weighted by molar-refractivity contribution is 7.22. The van der Waals surface area contributed by atoms with E-state index in [9.17, 15) is 0 Å². The Morgan fingerprint density at radius 1 is 1.33 bits per heavy atom. The SMILES string of the molecule is CCOc1cccc2sc(N(C)C3CN(c4cnccn4)C3)nc12. The van der Waals surface area contributed by atoms with Crippen LogP contribution in [0.3, 0.4) is 0 Å². The lowest BCUT2D eigenvalue weighted by Gasteiger charge is -2.44. The van der Waals surface area contributed by atoms with Crippen LogP contribution in [-0.4, -0.2) is 47.7 Å². The molecule has 7 heteroatoms. The van der Waals surface area contributed by atoms with E-state index in [1.807, 2.05) is 25.3 Å². The molecule has 2 aromatic heterocycles. The molecule has 0 saturated carbocycles. The first-order valence-corrected chi connectivity index (χ1v) is 8.84. The number of thiazole rings is 1. The van der Waals surface area contributed by atoms with E-state index in [4.69, 9.17) is 9.72 Å². The van der Waals surface area contributed by atoms with E-state index in [0.29, 0.717) is 12.6 Å². The van der Waals surface area contributed by atoms with Crippen LogP contribution in [-0.2, 0) is 0 Å². The minimum Gasteiger partial charge on any atom is -0.492 e. The van der Waals surface area contributed by atoms with Gasteiger partial charge in [-0.3, -0.25) is 4.98 Å². The zero-order valence-electron chi connectivity index (χ0n) is 13.7. The quantitative estimate of drug-likeness (QED) is 0.711. The van der Waals surface area contributed by atoms with Gasteiger partial charge in [-0.05, 0) is 19.1 Å². The van der Waals surface area contributed by atoms with Crippen molar-refractivity contribution in [3.8, 4) is 5.75 Å². The summed E-state index contributed by atoms with van der Waals surface area (Å²) < 4.78 is 6.85. The van der Waals surface area contributed by atoms with E-state index in [2.05, 4.69) is 32.9 Å². The van der Waals surface area contributed by atoms with Gasteiger partial charge in [0.2, 0.25) is 0 Å². The van der Waals surface area contributed by atoms with Crippen molar-refractivity contribution in [2.75, 3.05) is 36.5 Å². The standard InChI is InChI=1S/C17H19N5OS/c1-3-23-13-5-4-6-14-16(13)20-17(24-14)21(2)12-10-22(11-12)15-9-18-7-8-19-15/h4-9,12H,3,10-11H2,1-2H3. The van der Waals surface area contributed by atoms with Gasteiger partial charge in [0.15, 0.2) is 5.13 Å². The average molecular weight is 341 g/mol. The van der Waals surface area contributed by atoms with Crippen molar-refractivity contribution in [3.05, 3.63) is 36.8 Å². The fourth-order valence-corrected chi connectivity index (χ4v) is 3.85. The third-order valence-corrected chi connectivity index (χ3v) is 5.37. The molecule has 6 nitrogen and oxygen atoms in total. The lowest BCUT2D eigenvalue weighted by atomic mass is 10.1. The monoisotopic (exact) mass is 341 g/mol. The van der Waals surface area contributed by atoms with Crippen molar-refractivity contribution < 1.29 is 4.74 Å². The Labute approximate surface area is 144 Å². The molecule has 0 radical (unpaired) electrons. The third-order valence-electron chi connectivity index (χ3n) is 4.26. The van der Waals surface area contributed by atoms with Crippen molar-refractivity contribution in [2.24, 2.45) is 0 Å². The minimum atomic E-state index is 0.433. The summed E-state index contributed by atoms with van der Waals surface area (Å²) in [5, 5.41) is 1.03. The molecule has 1 fully saturated rings. The van der Waals surface area contributed by atoms with Gasteiger partial charge in [0.1, 0.15) is 17.1 Å². The Hall–Kier alpha value is -2.41. The molecular weight excluding hydrogens is 322 g/mol. The van der Waals surface area contributed by atoms with Crippen molar-refractivity contribution in [3.63, 3.8) is 0 Å². The summed E-state index contributed by atoms with van der Waals surface area (Å²) in [5.41, 5.74) is 0.955. The predicted molar refractivity (Wildman–Crippen MR) is 97.2 cm³/mol. The average Bonchev–Trinajstić information content (AvgIpc) is 3.00. The molecule has 0 bridgehead atoms. The summed E-state index contributed by atoms with van der Waals surface area (Å²) >= 11 is 1.71. The number of rotatable bonds is 5. The Morgan fingerprint density at radius 3 is 2.96 bits per heavy atom. The predicted octanol–water partition coefficient (Wildman–Crippen LogP) is 2.81. The minimum absolute atomic E-state index is 0.433. The van der Waals surface area contributed by atoms with Crippen LogP contribution in [0, 0.1) is 0 Å². The van der Waals surface area contributed by atoms with Gasteiger partial charge in [-0.2, -0.15) is 0 Å². The molecule has 24 heavy (non-hydrogen) atoms. The first kappa shape index (κ1) is 15.1. The summed E-state index contributed by atoms with van der Waals surface area (Å²) in [5.74, 6) is 1.80. The first-order chi connectivity index (χ1) is 11.8. The van der Waals surface area contributed by atoms with E-state index < -0.39 is 0 Å². The molecule has 4 rings (SSSR count). The highest BCUT2D eigenvalue weighted by atomic mass is 32.1. The number of para-hydroxylation sites is 1. The fraction of sp³-hybridized carbons (Fsp3) is 0.353. The maximum absolute atomic E-state index is 5.69. The van der Waals surface area contributed by atoms with E-state index in [0.717, 1.165) is 40.0 Å². The van der Waals surface area contributed by atoms with Gasteiger partial charge in [-0.1, -0.05) is 17.4 Å². The summed E-state index contributed by atoms with van der Waals surface area (Å²) in [4.78, 5) is 17.8. The van der Waals surface area contributed by atoms with E-state index >= 15 is 0 Å². The fourth-order valence-electron chi connectivity index (χ4n) is 2.83. The molecule has 1 aliphatic rings. The second kappa shape index (κ2) is 6.24. The van der Waals surface area contributed by atoms with E-state index in [-0.39, 0.29) is 0 Å². The number of aromatic nitrogens is 3. The number of likely N-dealkylation sites (N-methyl/N-ethyl adjacent to an activating group) is 1. The molecule has 3 heterocycles. The summed E-state index contributed by atoms with van der Waals surface area (Å²) in [6.45, 7) is 4.51. The van der Waals surface area contributed by atoms with Crippen molar-refractivity contribution in [2.45, 2.75) is 13.0 Å². The van der Waals surface area contributed by atoms with Crippen molar-refractivity contribution >= 4 is 32.5 Å². The van der Waals surface area contributed by atoms with Crippen LogP contribution < -0.4 is 14.5 Å². The number of hydrogen-bond acceptors (Lipinski definition) is 7. The molecule has 1 saturated heterocycles. The zero-order valence-corrected chi connectivity index (χ0v) is 14.5. The van der Waals surface area contributed by atoms with Crippen molar-refractivity contribution in [1.29, 1.82) is 0 Å². The molecule has 0 aliphatic carbocycles. The maximum atomic E-state index is 5.69. The normalized spacial score (nSPS) is 14.7. The van der Waals surface area contributed by atoms with Crippen LogP contribution in [0.4, 0.5) is 10.9 Å². The smallest absolute Gasteiger partial charge is 0.186 e. The second-order valence-electron chi connectivity index (χ2n) is 5.77. The number of hydrogen-bond donors (Lipinski definition) is 0. The Morgan fingerprint density at radius 2 is 2.21 bits per heavy atom. The molecule has 0 spiro atoms. The lowest BCUT2D eigenvalue weighted by molar-refractivity contribution is 0.343. The zero-order chi connectivity index (χ0) is 16.5. The molecule has 0 unspecified atom stereocenters. The Balaban J connectivity index is 1.50. The third kappa shape index (κ3) is 2.65. The van der Waals surface area contributed by atoms with Crippen LogP contribution >= 0.6 is 11.3 Å². The van der Waals surface area contributed by atoms with Crippen LogP contribution in [0.5, 0.6) is 5.75 Å². The van der Waals surface area contributed by atoms with E-state index in [1.54, 1.807) is 23.7 Å². The molecule has 0 N–H and O–H groups in total. The van der Waals surface area contributed by atoms with Crippen molar-refractivity contribution in [1.82, 2.24) is 15.0 Å². The maximum Gasteiger partial charge on any atom is 0.186 e. The van der Waals surface area contributed by atoms with Gasteiger partial charge >= 0.3 is 0 Å². The van der Waals surface area contributed by atoms with E-state index in [1.165, 1.54) is 0 Å². The van der Waals surface area contributed by atoms with Gasteiger partial charge in [0, 0.05) is 32.5 Å². The molecule has 3 aromatic rings. The molecule has 1 aliphatic heterocycles. The van der Waals surface area contributed by atoms with Crippen LogP contribution in [0.1, 0.15) is 6.92 Å². The highest BCUT2D eigenvalue weighted by Gasteiger charge is 2.32. The van der Waals surface area contributed by atoms with Gasteiger partial charge in [0.05, 0.1) is 23.5 Å². The van der Waals surface area contributed by atoms with Crippen LogP contribution in [0.2, 0.25) is 0 Å². The number of benzene rings is 1. The van der Waals surface area contributed by atoms with Gasteiger partial charge in [-0.15, -0.1) is 0 Å². The second-order valence-corrected chi connectivity index (χ2v) is 6.77. The van der Waals surface area contributed by atoms with Gasteiger partial charge in [0.25, 0.3) is 0 Å². The van der Waals surface area contributed by atoms with Crippen LogP contribution in [0.15, 0.2) is 36.8 Å². The largest absolute Gasteiger partial charge is 0.492 e. The summed E-state index contributed by atoms with van der Waals surface area (Å²) in [6.07, 6.45) is 5.24. The highest BCUT2D eigenvalue weighted by Crippen LogP contribution is 2.35. The molecule has 0 amide bonds. The molecular formula is C17H19N5OS. The first-order valence-electron chi connectivity index (χ1n) is 8.02. The molecule has 1 aromatic carbocycles. The number of nitrogens with zero attached hydrogens (tertiary/aromatic N) is 5. The topological polar surface area (TPSA) is 54.4 Å². The van der Waals surface area contributed by atoms with Gasteiger partial charge < -0.3 is 14.5 Å². The van der Waals surface area contributed by atoms with Gasteiger partial charge in [-0.25, -0.2) is 9.97 Å². The number of ether oxygens (including phenoxy) is 1. The molecule has 0 atom stereocenters. The molecule has 124 valence electrons. The lowest BCUT2D eigenvalue weighted by Crippen LogP contribution is -2.59.